The van der Waals surface area contributed by atoms with E-state index in [4.69, 9.17) is 15.3 Å². The number of hydrogen-bond acceptors (Lipinski definition) is 4. The SMILES string of the molecule is C[C@@H](NN)c1ccc(F)c(OC2CCOCC2)c1. The maximum absolute atomic E-state index is 13.7. The summed E-state index contributed by atoms with van der Waals surface area (Å²) in [6, 6.07) is 4.78. The van der Waals surface area contributed by atoms with Gasteiger partial charge in [-0.3, -0.25) is 11.3 Å². The molecule has 0 radical (unpaired) electrons. The molecule has 0 spiro atoms. The largest absolute Gasteiger partial charge is 0.487 e. The summed E-state index contributed by atoms with van der Waals surface area (Å²) in [5, 5.41) is 0. The standard InChI is InChI=1S/C13H19FN2O2/c1-9(16-15)10-2-3-12(14)13(8-10)18-11-4-6-17-7-5-11/h2-3,8-9,11,16H,4-7,15H2,1H3/t9-/m1/s1. The first-order chi connectivity index (χ1) is 8.70. The molecule has 1 fully saturated rings. The van der Waals surface area contributed by atoms with E-state index >= 15 is 0 Å². The van der Waals surface area contributed by atoms with Crippen LogP contribution in [-0.2, 0) is 4.74 Å². The second-order valence-corrected chi connectivity index (χ2v) is 4.51. The summed E-state index contributed by atoms with van der Waals surface area (Å²) in [4.78, 5) is 0. The van der Waals surface area contributed by atoms with Gasteiger partial charge in [0, 0.05) is 18.9 Å². The summed E-state index contributed by atoms with van der Waals surface area (Å²) in [5.41, 5.74) is 3.54. The van der Waals surface area contributed by atoms with E-state index in [1.807, 2.05) is 6.92 Å². The van der Waals surface area contributed by atoms with Crippen LogP contribution in [0.25, 0.3) is 0 Å². The molecule has 0 bridgehead atoms. The van der Waals surface area contributed by atoms with Crippen molar-refractivity contribution in [2.75, 3.05) is 13.2 Å². The molecule has 1 aromatic carbocycles. The van der Waals surface area contributed by atoms with Gasteiger partial charge in [-0.15, -0.1) is 0 Å². The molecular formula is C13H19FN2O2. The highest BCUT2D eigenvalue weighted by Gasteiger charge is 2.18. The Morgan fingerprint density at radius 3 is 2.83 bits per heavy atom. The lowest BCUT2D eigenvalue weighted by Crippen LogP contribution is -2.27. The van der Waals surface area contributed by atoms with E-state index < -0.39 is 0 Å². The van der Waals surface area contributed by atoms with Gasteiger partial charge in [-0.1, -0.05) is 6.07 Å². The molecule has 18 heavy (non-hydrogen) atoms. The van der Waals surface area contributed by atoms with Crippen molar-refractivity contribution in [2.45, 2.75) is 31.9 Å². The van der Waals surface area contributed by atoms with Crippen molar-refractivity contribution in [2.24, 2.45) is 5.84 Å². The van der Waals surface area contributed by atoms with E-state index in [0.29, 0.717) is 19.0 Å². The monoisotopic (exact) mass is 254 g/mol. The summed E-state index contributed by atoms with van der Waals surface area (Å²) < 4.78 is 24.6. The fraction of sp³-hybridized carbons (Fsp3) is 0.538. The number of halogens is 1. The first-order valence-electron chi connectivity index (χ1n) is 6.20. The first-order valence-corrected chi connectivity index (χ1v) is 6.20. The van der Waals surface area contributed by atoms with E-state index in [-0.39, 0.29) is 18.0 Å². The summed E-state index contributed by atoms with van der Waals surface area (Å²) in [5.74, 6) is 5.33. The first kappa shape index (κ1) is 13.3. The fourth-order valence-electron chi connectivity index (χ4n) is 1.95. The van der Waals surface area contributed by atoms with Gasteiger partial charge in [-0.25, -0.2) is 4.39 Å². The molecule has 0 saturated carbocycles. The molecule has 100 valence electrons. The topological polar surface area (TPSA) is 56.5 Å². The molecule has 1 atom stereocenters. The Balaban J connectivity index is 2.10. The minimum Gasteiger partial charge on any atom is -0.487 e. The predicted molar refractivity (Wildman–Crippen MR) is 66.6 cm³/mol. The van der Waals surface area contributed by atoms with Gasteiger partial charge in [0.1, 0.15) is 6.10 Å². The van der Waals surface area contributed by atoms with Gasteiger partial charge < -0.3 is 9.47 Å². The molecule has 5 heteroatoms. The molecular weight excluding hydrogens is 235 g/mol. The third-order valence-electron chi connectivity index (χ3n) is 3.17. The molecule has 4 nitrogen and oxygen atoms in total. The second kappa shape index (κ2) is 6.13. The molecule has 0 amide bonds. The van der Waals surface area contributed by atoms with Gasteiger partial charge in [0.25, 0.3) is 0 Å². The maximum atomic E-state index is 13.7. The molecule has 1 heterocycles. The second-order valence-electron chi connectivity index (χ2n) is 4.51. The average molecular weight is 254 g/mol. The Bertz CT molecular complexity index is 395. The number of nitrogens with one attached hydrogen (secondary N) is 1. The molecule has 1 aliphatic rings. The van der Waals surface area contributed by atoms with Crippen LogP contribution < -0.4 is 16.0 Å². The molecule has 2 rings (SSSR count). The number of benzene rings is 1. The molecule has 3 N–H and O–H groups in total. The van der Waals surface area contributed by atoms with Gasteiger partial charge in [0.2, 0.25) is 0 Å². The van der Waals surface area contributed by atoms with Crippen LogP contribution in [0.3, 0.4) is 0 Å². The van der Waals surface area contributed by atoms with Crippen molar-refractivity contribution in [3.8, 4) is 5.75 Å². The van der Waals surface area contributed by atoms with E-state index in [9.17, 15) is 4.39 Å². The number of nitrogens with two attached hydrogens (primary N) is 1. The smallest absolute Gasteiger partial charge is 0.165 e. The zero-order valence-electron chi connectivity index (χ0n) is 10.5. The highest BCUT2D eigenvalue weighted by Crippen LogP contribution is 2.25. The van der Waals surface area contributed by atoms with Crippen LogP contribution in [0.5, 0.6) is 5.75 Å². The van der Waals surface area contributed by atoms with E-state index in [2.05, 4.69) is 5.43 Å². The molecule has 1 aromatic rings. The molecule has 0 aliphatic carbocycles. The van der Waals surface area contributed by atoms with Gasteiger partial charge in [0.15, 0.2) is 11.6 Å². The zero-order valence-corrected chi connectivity index (χ0v) is 10.5. The minimum atomic E-state index is -0.338. The molecule has 1 aliphatic heterocycles. The number of hydrogen-bond donors (Lipinski definition) is 2. The number of ether oxygens (including phenoxy) is 2. The van der Waals surface area contributed by atoms with Crippen LogP contribution in [0.1, 0.15) is 31.4 Å². The Morgan fingerprint density at radius 1 is 1.44 bits per heavy atom. The third-order valence-corrected chi connectivity index (χ3v) is 3.17. The van der Waals surface area contributed by atoms with E-state index in [1.54, 1.807) is 12.1 Å². The number of rotatable bonds is 4. The predicted octanol–water partition coefficient (Wildman–Crippen LogP) is 1.91. The van der Waals surface area contributed by atoms with Crippen LogP contribution in [0.4, 0.5) is 4.39 Å². The van der Waals surface area contributed by atoms with Crippen molar-refractivity contribution >= 4 is 0 Å². The summed E-state index contributed by atoms with van der Waals surface area (Å²) in [6.07, 6.45) is 1.63. The highest BCUT2D eigenvalue weighted by atomic mass is 19.1. The Morgan fingerprint density at radius 2 is 2.17 bits per heavy atom. The molecule has 0 aromatic heterocycles. The van der Waals surface area contributed by atoms with E-state index in [0.717, 1.165) is 18.4 Å². The summed E-state index contributed by atoms with van der Waals surface area (Å²) >= 11 is 0. The maximum Gasteiger partial charge on any atom is 0.165 e. The molecule has 1 saturated heterocycles. The van der Waals surface area contributed by atoms with Gasteiger partial charge in [-0.2, -0.15) is 0 Å². The average Bonchev–Trinajstić information content (AvgIpc) is 2.41. The highest BCUT2D eigenvalue weighted by molar-refractivity contribution is 5.32. The lowest BCUT2D eigenvalue weighted by molar-refractivity contribution is 0.0240. The van der Waals surface area contributed by atoms with Crippen molar-refractivity contribution in [3.63, 3.8) is 0 Å². The lowest BCUT2D eigenvalue weighted by Gasteiger charge is -2.24. The van der Waals surface area contributed by atoms with Crippen LogP contribution in [0.15, 0.2) is 18.2 Å². The Hall–Kier alpha value is -1.17. The normalized spacial score (nSPS) is 18.6. The quantitative estimate of drug-likeness (QED) is 0.636. The third kappa shape index (κ3) is 3.19. The van der Waals surface area contributed by atoms with Gasteiger partial charge >= 0.3 is 0 Å². The van der Waals surface area contributed by atoms with Gasteiger partial charge in [0.05, 0.1) is 13.2 Å². The van der Waals surface area contributed by atoms with E-state index in [1.165, 1.54) is 6.07 Å². The van der Waals surface area contributed by atoms with Crippen LogP contribution in [0, 0.1) is 5.82 Å². The zero-order chi connectivity index (χ0) is 13.0. The Labute approximate surface area is 106 Å². The molecule has 0 unspecified atom stereocenters. The Kier molecular flexibility index (Phi) is 4.52. The fourth-order valence-corrected chi connectivity index (χ4v) is 1.95. The van der Waals surface area contributed by atoms with Gasteiger partial charge in [-0.05, 0) is 24.6 Å². The van der Waals surface area contributed by atoms with Crippen LogP contribution in [0.2, 0.25) is 0 Å². The minimum absolute atomic E-state index is 0.0321. The van der Waals surface area contributed by atoms with Crippen molar-refractivity contribution in [1.29, 1.82) is 0 Å². The van der Waals surface area contributed by atoms with Crippen molar-refractivity contribution < 1.29 is 13.9 Å². The van der Waals surface area contributed by atoms with Crippen LogP contribution in [-0.4, -0.2) is 19.3 Å². The van der Waals surface area contributed by atoms with Crippen molar-refractivity contribution in [1.82, 2.24) is 5.43 Å². The summed E-state index contributed by atoms with van der Waals surface area (Å²) in [6.45, 7) is 3.25. The summed E-state index contributed by atoms with van der Waals surface area (Å²) in [7, 11) is 0. The lowest BCUT2D eigenvalue weighted by atomic mass is 10.1. The van der Waals surface area contributed by atoms with Crippen molar-refractivity contribution in [3.05, 3.63) is 29.6 Å². The number of hydrazine groups is 1. The van der Waals surface area contributed by atoms with Crippen LogP contribution >= 0.6 is 0 Å².